The number of carbonyl (C=O) groups is 2. The maximum atomic E-state index is 13.9. The molecule has 0 amide bonds. The fraction of sp³-hybridized carbons (Fsp3) is 0.286. The van der Waals surface area contributed by atoms with Gasteiger partial charge in [0.2, 0.25) is 0 Å². The van der Waals surface area contributed by atoms with E-state index >= 15 is 0 Å². The second kappa shape index (κ2) is 6.51. The molecular formula is C14H12F2N2O5. The SMILES string of the molecule is CCOC(=O)Cn1nc(CC(=O)O)c2c(F)ccc(F)c2c1=O. The third kappa shape index (κ3) is 3.33. The van der Waals surface area contributed by atoms with Crippen LogP contribution in [0.1, 0.15) is 12.6 Å². The summed E-state index contributed by atoms with van der Waals surface area (Å²) < 4.78 is 33.1. The molecule has 0 unspecified atom stereocenters. The van der Waals surface area contributed by atoms with Crippen LogP contribution in [-0.2, 0) is 27.3 Å². The average molecular weight is 326 g/mol. The van der Waals surface area contributed by atoms with Gasteiger partial charge in [0.05, 0.1) is 24.1 Å². The van der Waals surface area contributed by atoms with E-state index in [1.807, 2.05) is 0 Å². The summed E-state index contributed by atoms with van der Waals surface area (Å²) in [7, 11) is 0. The zero-order valence-corrected chi connectivity index (χ0v) is 12.0. The van der Waals surface area contributed by atoms with Crippen LogP contribution in [0.2, 0.25) is 0 Å². The van der Waals surface area contributed by atoms with Crippen molar-refractivity contribution in [3.8, 4) is 0 Å². The van der Waals surface area contributed by atoms with Crippen molar-refractivity contribution in [3.63, 3.8) is 0 Å². The Bertz CT molecular complexity index is 847. The zero-order chi connectivity index (χ0) is 17.1. The number of nitrogens with zero attached hydrogens (tertiary/aromatic N) is 2. The molecule has 122 valence electrons. The fourth-order valence-electron chi connectivity index (χ4n) is 2.12. The number of aliphatic carboxylic acids is 1. The van der Waals surface area contributed by atoms with E-state index in [1.165, 1.54) is 0 Å². The average Bonchev–Trinajstić information content (AvgIpc) is 2.46. The van der Waals surface area contributed by atoms with E-state index in [9.17, 15) is 23.2 Å². The number of ether oxygens (including phenoxy) is 1. The highest BCUT2D eigenvalue weighted by Gasteiger charge is 2.20. The smallest absolute Gasteiger partial charge is 0.327 e. The van der Waals surface area contributed by atoms with Crippen LogP contribution in [0.25, 0.3) is 10.8 Å². The monoisotopic (exact) mass is 326 g/mol. The number of aromatic nitrogens is 2. The van der Waals surface area contributed by atoms with E-state index in [-0.39, 0.29) is 12.3 Å². The minimum atomic E-state index is -1.34. The first-order valence-electron chi connectivity index (χ1n) is 6.60. The van der Waals surface area contributed by atoms with Gasteiger partial charge in [-0.1, -0.05) is 0 Å². The third-order valence-corrected chi connectivity index (χ3v) is 2.98. The van der Waals surface area contributed by atoms with E-state index < -0.39 is 52.9 Å². The van der Waals surface area contributed by atoms with Crippen LogP contribution in [0, 0.1) is 11.6 Å². The van der Waals surface area contributed by atoms with Gasteiger partial charge >= 0.3 is 11.9 Å². The summed E-state index contributed by atoms with van der Waals surface area (Å²) >= 11 is 0. The molecular weight excluding hydrogens is 314 g/mol. The maximum Gasteiger partial charge on any atom is 0.327 e. The molecule has 2 rings (SSSR count). The van der Waals surface area contributed by atoms with Gasteiger partial charge in [-0.2, -0.15) is 5.10 Å². The first-order valence-corrected chi connectivity index (χ1v) is 6.60. The quantitative estimate of drug-likeness (QED) is 0.819. The topological polar surface area (TPSA) is 98.5 Å². The van der Waals surface area contributed by atoms with Crippen molar-refractivity contribution in [1.29, 1.82) is 0 Å². The van der Waals surface area contributed by atoms with Crippen LogP contribution in [0.15, 0.2) is 16.9 Å². The lowest BCUT2D eigenvalue weighted by atomic mass is 10.1. The minimum absolute atomic E-state index is 0.0616. The number of carboxylic acid groups (broad SMARTS) is 1. The molecule has 1 heterocycles. The number of benzene rings is 1. The number of fused-ring (bicyclic) bond motifs is 1. The Kier molecular flexibility index (Phi) is 4.68. The van der Waals surface area contributed by atoms with E-state index in [0.717, 1.165) is 12.1 Å². The zero-order valence-electron chi connectivity index (χ0n) is 12.0. The molecule has 0 aliphatic carbocycles. The van der Waals surface area contributed by atoms with Gasteiger partial charge in [0, 0.05) is 5.39 Å². The lowest BCUT2D eigenvalue weighted by molar-refractivity contribution is -0.144. The molecule has 1 aromatic heterocycles. The Balaban J connectivity index is 2.73. The number of carbonyl (C=O) groups excluding carboxylic acids is 1. The van der Waals surface area contributed by atoms with Crippen molar-refractivity contribution >= 4 is 22.7 Å². The van der Waals surface area contributed by atoms with Crippen LogP contribution in [-0.4, -0.2) is 33.4 Å². The molecule has 9 heteroatoms. The Hall–Kier alpha value is -2.84. The fourth-order valence-corrected chi connectivity index (χ4v) is 2.12. The van der Waals surface area contributed by atoms with Crippen molar-refractivity contribution in [1.82, 2.24) is 9.78 Å². The molecule has 0 saturated carbocycles. The molecule has 0 saturated heterocycles. The van der Waals surface area contributed by atoms with Gasteiger partial charge in [0.25, 0.3) is 5.56 Å². The predicted molar refractivity (Wildman–Crippen MR) is 73.9 cm³/mol. The summed E-state index contributed by atoms with van der Waals surface area (Å²) in [5.74, 6) is -4.15. The number of halogens is 2. The minimum Gasteiger partial charge on any atom is -0.481 e. The standard InChI is InChI=1S/C14H12F2N2O5/c1-2-23-11(21)6-18-14(22)13-8(16)4-3-7(15)12(13)9(17-18)5-10(19)20/h3-4H,2,5-6H2,1H3,(H,19,20). The van der Waals surface area contributed by atoms with E-state index in [2.05, 4.69) is 9.84 Å². The van der Waals surface area contributed by atoms with Gasteiger partial charge in [0.1, 0.15) is 18.2 Å². The highest BCUT2D eigenvalue weighted by molar-refractivity contribution is 5.87. The molecule has 0 bridgehead atoms. The molecule has 23 heavy (non-hydrogen) atoms. The summed E-state index contributed by atoms with van der Waals surface area (Å²) in [6.45, 7) is 0.983. The van der Waals surface area contributed by atoms with Crippen LogP contribution < -0.4 is 5.56 Å². The molecule has 0 aliphatic heterocycles. The number of carboxylic acids is 1. The first kappa shape index (κ1) is 16.5. The van der Waals surface area contributed by atoms with Crippen molar-refractivity contribution < 1.29 is 28.2 Å². The van der Waals surface area contributed by atoms with Crippen LogP contribution >= 0.6 is 0 Å². The molecule has 2 aromatic rings. The van der Waals surface area contributed by atoms with E-state index in [1.54, 1.807) is 6.92 Å². The largest absolute Gasteiger partial charge is 0.481 e. The number of hydrogen-bond donors (Lipinski definition) is 1. The van der Waals surface area contributed by atoms with Gasteiger partial charge in [-0.25, -0.2) is 13.5 Å². The molecule has 1 aromatic carbocycles. The summed E-state index contributed by atoms with van der Waals surface area (Å²) in [6, 6.07) is 1.53. The Labute approximate surface area is 128 Å². The third-order valence-electron chi connectivity index (χ3n) is 2.98. The second-order valence-corrected chi connectivity index (χ2v) is 4.56. The molecule has 0 fully saturated rings. The lowest BCUT2D eigenvalue weighted by Crippen LogP contribution is -2.30. The van der Waals surface area contributed by atoms with Gasteiger partial charge in [-0.15, -0.1) is 0 Å². The Morgan fingerprint density at radius 1 is 1.26 bits per heavy atom. The Morgan fingerprint density at radius 3 is 2.43 bits per heavy atom. The van der Waals surface area contributed by atoms with Crippen LogP contribution in [0.3, 0.4) is 0 Å². The highest BCUT2D eigenvalue weighted by Crippen LogP contribution is 2.21. The molecule has 0 atom stereocenters. The predicted octanol–water partition coefficient (Wildman–Crippen LogP) is 0.865. The van der Waals surface area contributed by atoms with Crippen molar-refractivity contribution in [2.75, 3.05) is 6.61 Å². The van der Waals surface area contributed by atoms with Gasteiger partial charge < -0.3 is 9.84 Å². The first-order chi connectivity index (χ1) is 10.8. The van der Waals surface area contributed by atoms with Crippen LogP contribution in [0.4, 0.5) is 8.78 Å². The summed E-state index contributed by atoms with van der Waals surface area (Å²) in [4.78, 5) is 34.6. The number of rotatable bonds is 5. The summed E-state index contributed by atoms with van der Waals surface area (Å²) in [5.41, 5.74) is -1.40. The van der Waals surface area contributed by atoms with Gasteiger partial charge in [-0.05, 0) is 19.1 Å². The normalized spacial score (nSPS) is 10.7. The van der Waals surface area contributed by atoms with E-state index in [0.29, 0.717) is 4.68 Å². The highest BCUT2D eigenvalue weighted by atomic mass is 19.1. The molecule has 0 aliphatic rings. The maximum absolute atomic E-state index is 13.9. The van der Waals surface area contributed by atoms with Crippen molar-refractivity contribution in [3.05, 3.63) is 39.8 Å². The molecule has 1 N–H and O–H groups in total. The summed E-state index contributed by atoms with van der Waals surface area (Å²) in [6.07, 6.45) is -0.736. The molecule has 0 radical (unpaired) electrons. The second-order valence-electron chi connectivity index (χ2n) is 4.56. The van der Waals surface area contributed by atoms with Crippen molar-refractivity contribution in [2.45, 2.75) is 19.9 Å². The molecule has 0 spiro atoms. The van der Waals surface area contributed by atoms with E-state index in [4.69, 9.17) is 5.11 Å². The van der Waals surface area contributed by atoms with Crippen LogP contribution in [0.5, 0.6) is 0 Å². The van der Waals surface area contributed by atoms with Gasteiger partial charge in [-0.3, -0.25) is 14.4 Å². The van der Waals surface area contributed by atoms with Crippen molar-refractivity contribution in [2.24, 2.45) is 0 Å². The lowest BCUT2D eigenvalue weighted by Gasteiger charge is -2.10. The number of esters is 1. The summed E-state index contributed by atoms with van der Waals surface area (Å²) in [5, 5.41) is 11.4. The van der Waals surface area contributed by atoms with Gasteiger partial charge in [0.15, 0.2) is 0 Å². The molecule has 7 nitrogen and oxygen atoms in total. The number of hydrogen-bond acceptors (Lipinski definition) is 5. The Morgan fingerprint density at radius 2 is 1.87 bits per heavy atom.